The van der Waals surface area contributed by atoms with Crippen LogP contribution in [0.15, 0.2) is 48.5 Å². The molecule has 0 saturated carbocycles. The maximum Gasteiger partial charge on any atom is 0.115 e. The Kier molecular flexibility index (Phi) is 12.6. The monoisotopic (exact) mass is 550 g/mol. The van der Waals surface area contributed by atoms with Gasteiger partial charge in [0, 0.05) is 23.9 Å². The lowest BCUT2D eigenvalue weighted by Crippen LogP contribution is -2.42. The molecular weight excluding hydrogens is 503 g/mol. The Morgan fingerprint density at radius 2 is 1.11 bits per heavy atom. The topological polar surface area (TPSA) is 46.9 Å². The molecule has 2 fully saturated rings. The number of aromatic hydroxyl groups is 2. The summed E-state index contributed by atoms with van der Waals surface area (Å²) in [6.07, 6.45) is 10.9. The van der Waals surface area contributed by atoms with Crippen LogP contribution in [0.3, 0.4) is 0 Å². The smallest absolute Gasteiger partial charge is 0.115 e. The van der Waals surface area contributed by atoms with Crippen LogP contribution in [0.1, 0.15) is 82.8 Å². The summed E-state index contributed by atoms with van der Waals surface area (Å²) in [5.74, 6) is 0.775. The molecule has 208 valence electrons. The van der Waals surface area contributed by atoms with E-state index in [9.17, 15) is 10.2 Å². The molecule has 6 heteroatoms. The third kappa shape index (κ3) is 7.79. The van der Waals surface area contributed by atoms with Crippen LogP contribution in [-0.2, 0) is 10.8 Å². The SMILES string of the molecule is CC[C@@]1(c2cccc(O)c2)CCCCN(CCCN2CCCC[C@@](CC)(c3cccc(O)c3)C2)C1.Cl.Cl. The quantitative estimate of drug-likeness (QED) is 0.362. The van der Waals surface area contributed by atoms with Gasteiger partial charge in [-0.25, -0.2) is 0 Å². The molecule has 2 saturated heterocycles. The lowest BCUT2D eigenvalue weighted by Gasteiger charge is -2.38. The van der Waals surface area contributed by atoms with Crippen molar-refractivity contribution in [3.63, 3.8) is 0 Å². The Bertz CT molecular complexity index is 883. The van der Waals surface area contributed by atoms with Gasteiger partial charge in [-0.05, 0) is 107 Å². The summed E-state index contributed by atoms with van der Waals surface area (Å²) in [4.78, 5) is 5.39. The van der Waals surface area contributed by atoms with Gasteiger partial charge in [0.15, 0.2) is 0 Å². The van der Waals surface area contributed by atoms with Gasteiger partial charge in [0.1, 0.15) is 11.5 Å². The van der Waals surface area contributed by atoms with Gasteiger partial charge in [-0.3, -0.25) is 0 Å². The summed E-state index contributed by atoms with van der Waals surface area (Å²) in [5.41, 5.74) is 2.89. The van der Waals surface area contributed by atoms with Crippen molar-refractivity contribution in [2.24, 2.45) is 0 Å². The van der Waals surface area contributed by atoms with Crippen molar-refractivity contribution < 1.29 is 10.2 Å². The molecule has 37 heavy (non-hydrogen) atoms. The first-order valence-corrected chi connectivity index (χ1v) is 14.0. The Balaban J connectivity index is 0.00000241. The zero-order chi connectivity index (χ0) is 24.7. The van der Waals surface area contributed by atoms with Crippen molar-refractivity contribution in [2.45, 2.75) is 82.5 Å². The molecule has 2 aromatic rings. The highest BCUT2D eigenvalue weighted by atomic mass is 35.5. The zero-order valence-electron chi connectivity index (χ0n) is 22.8. The van der Waals surface area contributed by atoms with E-state index in [1.165, 1.54) is 69.2 Å². The van der Waals surface area contributed by atoms with Crippen molar-refractivity contribution in [3.05, 3.63) is 59.7 Å². The molecule has 4 rings (SSSR count). The van der Waals surface area contributed by atoms with Gasteiger partial charge in [-0.15, -0.1) is 24.8 Å². The first-order valence-electron chi connectivity index (χ1n) is 14.0. The number of rotatable bonds is 8. The van der Waals surface area contributed by atoms with E-state index < -0.39 is 0 Å². The fraction of sp³-hybridized carbons (Fsp3) is 0.613. The maximum atomic E-state index is 10.1. The lowest BCUT2D eigenvalue weighted by atomic mass is 9.74. The van der Waals surface area contributed by atoms with Crippen LogP contribution in [0.25, 0.3) is 0 Å². The Labute approximate surface area is 237 Å². The Morgan fingerprint density at radius 1 is 0.676 bits per heavy atom. The fourth-order valence-electron chi connectivity index (χ4n) is 6.80. The largest absolute Gasteiger partial charge is 0.508 e. The molecule has 0 aromatic heterocycles. The second kappa shape index (κ2) is 14.6. The Morgan fingerprint density at radius 3 is 1.49 bits per heavy atom. The van der Waals surface area contributed by atoms with Gasteiger partial charge >= 0.3 is 0 Å². The predicted octanol–water partition coefficient (Wildman–Crippen LogP) is 7.30. The van der Waals surface area contributed by atoms with E-state index in [1.807, 2.05) is 24.3 Å². The summed E-state index contributed by atoms with van der Waals surface area (Å²) in [5, 5.41) is 20.3. The lowest BCUT2D eigenvalue weighted by molar-refractivity contribution is 0.182. The molecule has 4 nitrogen and oxygen atoms in total. The van der Waals surface area contributed by atoms with Gasteiger partial charge in [0.2, 0.25) is 0 Å². The number of likely N-dealkylation sites (tertiary alicyclic amines) is 2. The minimum atomic E-state index is 0. The van der Waals surface area contributed by atoms with Gasteiger partial charge in [-0.2, -0.15) is 0 Å². The number of phenols is 2. The molecule has 0 unspecified atom stereocenters. The van der Waals surface area contributed by atoms with Crippen molar-refractivity contribution >= 4 is 24.8 Å². The number of hydrogen-bond donors (Lipinski definition) is 2. The molecular formula is C31H48Cl2N2O2. The van der Waals surface area contributed by atoms with E-state index in [-0.39, 0.29) is 35.6 Å². The molecule has 2 aliphatic heterocycles. The van der Waals surface area contributed by atoms with E-state index >= 15 is 0 Å². The van der Waals surface area contributed by atoms with Crippen molar-refractivity contribution in [3.8, 4) is 11.5 Å². The highest BCUT2D eigenvalue weighted by Crippen LogP contribution is 2.39. The number of nitrogens with zero attached hydrogens (tertiary/aromatic N) is 2. The van der Waals surface area contributed by atoms with Crippen LogP contribution in [0.5, 0.6) is 11.5 Å². The number of halogens is 2. The van der Waals surface area contributed by atoms with E-state index in [4.69, 9.17) is 0 Å². The number of benzene rings is 2. The van der Waals surface area contributed by atoms with E-state index in [0.717, 1.165) is 39.0 Å². The molecule has 0 radical (unpaired) electrons. The normalized spacial score (nSPS) is 25.4. The third-order valence-electron chi connectivity index (χ3n) is 9.03. The summed E-state index contributed by atoms with van der Waals surface area (Å²) in [7, 11) is 0. The van der Waals surface area contributed by atoms with E-state index in [0.29, 0.717) is 11.5 Å². The molecule has 2 aliphatic rings. The zero-order valence-corrected chi connectivity index (χ0v) is 24.5. The molecule has 2 N–H and O–H groups in total. The van der Waals surface area contributed by atoms with E-state index in [2.05, 4.69) is 35.8 Å². The van der Waals surface area contributed by atoms with Crippen LogP contribution >= 0.6 is 24.8 Å². The van der Waals surface area contributed by atoms with Gasteiger partial charge in [-0.1, -0.05) is 51.0 Å². The molecule has 2 heterocycles. The third-order valence-corrected chi connectivity index (χ3v) is 9.03. The summed E-state index contributed by atoms with van der Waals surface area (Å²) in [6, 6.07) is 16.0. The highest BCUT2D eigenvalue weighted by molar-refractivity contribution is 5.85. The van der Waals surface area contributed by atoms with Crippen LogP contribution in [-0.4, -0.2) is 59.3 Å². The van der Waals surface area contributed by atoms with Gasteiger partial charge < -0.3 is 20.0 Å². The average molecular weight is 552 g/mol. The minimum absolute atomic E-state index is 0. The van der Waals surface area contributed by atoms with E-state index in [1.54, 1.807) is 12.1 Å². The summed E-state index contributed by atoms with van der Waals surface area (Å²) < 4.78 is 0. The molecule has 0 bridgehead atoms. The average Bonchev–Trinajstić information content (AvgIpc) is 3.22. The van der Waals surface area contributed by atoms with Crippen LogP contribution < -0.4 is 0 Å². The van der Waals surface area contributed by atoms with Gasteiger partial charge in [0.25, 0.3) is 0 Å². The number of phenolic OH excluding ortho intramolecular Hbond substituents is 2. The minimum Gasteiger partial charge on any atom is -0.508 e. The van der Waals surface area contributed by atoms with Crippen LogP contribution in [0.4, 0.5) is 0 Å². The second-order valence-electron chi connectivity index (χ2n) is 11.2. The van der Waals surface area contributed by atoms with Crippen molar-refractivity contribution in [1.82, 2.24) is 9.80 Å². The van der Waals surface area contributed by atoms with Crippen LogP contribution in [0, 0.1) is 0 Å². The highest BCUT2D eigenvalue weighted by Gasteiger charge is 2.36. The standard InChI is InChI=1S/C31H46N2O2.2ClH/c1-3-30(26-12-9-14-28(34)22-26)16-5-7-18-32(24-30)20-11-21-33-19-8-6-17-31(4-2,25-33)27-13-10-15-29(35)23-27;;/h9-10,12-15,22-23,34-35H,3-8,11,16-21,24-25H2,1-2H3;2*1H/t30-,31-;;/m1../s1. The molecule has 2 atom stereocenters. The second-order valence-corrected chi connectivity index (χ2v) is 11.2. The number of hydrogen-bond acceptors (Lipinski definition) is 4. The first-order chi connectivity index (χ1) is 17.0. The predicted molar refractivity (Wildman–Crippen MR) is 160 cm³/mol. The maximum absolute atomic E-state index is 10.1. The van der Waals surface area contributed by atoms with Gasteiger partial charge in [0.05, 0.1) is 0 Å². The molecule has 2 aromatic carbocycles. The molecule has 0 amide bonds. The van der Waals surface area contributed by atoms with Crippen molar-refractivity contribution in [1.29, 1.82) is 0 Å². The summed E-state index contributed by atoms with van der Waals surface area (Å²) >= 11 is 0. The fourth-order valence-corrected chi connectivity index (χ4v) is 6.80. The Hall–Kier alpha value is -1.46. The van der Waals surface area contributed by atoms with Crippen LogP contribution in [0.2, 0.25) is 0 Å². The molecule has 0 aliphatic carbocycles. The summed E-state index contributed by atoms with van der Waals surface area (Å²) in [6.45, 7) is 11.5. The first kappa shape index (κ1) is 31.8. The molecule has 0 spiro atoms. The van der Waals surface area contributed by atoms with Crippen molar-refractivity contribution in [2.75, 3.05) is 39.3 Å².